The maximum atomic E-state index is 12.7. The van der Waals surface area contributed by atoms with Gasteiger partial charge in [0, 0.05) is 18.7 Å². The first-order chi connectivity index (χ1) is 16.2. The van der Waals surface area contributed by atoms with Gasteiger partial charge in [0.1, 0.15) is 23.2 Å². The number of para-hydroxylation sites is 1. The fourth-order valence-electron chi connectivity index (χ4n) is 6.67. The molecule has 5 atom stereocenters. The van der Waals surface area contributed by atoms with Crippen molar-refractivity contribution in [1.82, 2.24) is 9.97 Å². The monoisotopic (exact) mass is 471 g/mol. The molecule has 180 valence electrons. The van der Waals surface area contributed by atoms with Gasteiger partial charge in [-0.1, -0.05) is 25.1 Å². The Hall–Kier alpha value is -3.02. The third-order valence-corrected chi connectivity index (χ3v) is 8.05. The minimum absolute atomic E-state index is 0.0461. The normalized spacial score (nSPS) is 29.5. The molecular formula is C25H28F3N5O. The third kappa shape index (κ3) is 4.63. The maximum Gasteiger partial charge on any atom is 0.573 e. The van der Waals surface area contributed by atoms with E-state index in [4.69, 9.17) is 0 Å². The second kappa shape index (κ2) is 8.64. The highest BCUT2D eigenvalue weighted by atomic mass is 19.4. The average molecular weight is 472 g/mol. The van der Waals surface area contributed by atoms with E-state index in [-0.39, 0.29) is 23.7 Å². The highest BCUT2D eigenvalue weighted by Gasteiger charge is 2.53. The molecule has 2 N–H and O–H groups in total. The van der Waals surface area contributed by atoms with Crippen molar-refractivity contribution in [3.63, 3.8) is 0 Å². The van der Waals surface area contributed by atoms with Crippen molar-refractivity contribution in [1.29, 1.82) is 5.26 Å². The standard InChI is InChI=1S/C25H28F3N5O/c1-15-18-6-16-7-19(15)10-24(8-16,9-18)14-32-22-20(11-29)13-31-23(33-22)30-12-17-4-2-3-5-21(17)34-25(26,27)28/h2-5,13,15-16,18-19H,6-10,12,14H2,1H3,(H2,30,31,32,33)/t15?,16?,18-,19?,24?/m1/s1. The van der Waals surface area contributed by atoms with Crippen molar-refractivity contribution in [3.8, 4) is 11.8 Å². The maximum absolute atomic E-state index is 12.7. The van der Waals surface area contributed by atoms with Crippen molar-refractivity contribution >= 4 is 11.8 Å². The molecule has 0 amide bonds. The summed E-state index contributed by atoms with van der Waals surface area (Å²) in [5, 5.41) is 15.9. The van der Waals surface area contributed by atoms with Crippen molar-refractivity contribution in [2.75, 3.05) is 17.2 Å². The summed E-state index contributed by atoms with van der Waals surface area (Å²) in [5.41, 5.74) is 0.928. The molecule has 1 aromatic heterocycles. The highest BCUT2D eigenvalue weighted by Crippen LogP contribution is 2.62. The zero-order valence-electron chi connectivity index (χ0n) is 19.0. The van der Waals surface area contributed by atoms with Crippen LogP contribution >= 0.6 is 0 Å². The lowest BCUT2D eigenvalue weighted by Crippen LogP contribution is -2.52. The minimum Gasteiger partial charge on any atom is -0.405 e. The summed E-state index contributed by atoms with van der Waals surface area (Å²) in [6.45, 7) is 3.23. The van der Waals surface area contributed by atoms with Crippen LogP contribution in [0.15, 0.2) is 30.5 Å². The number of anilines is 2. The smallest absolute Gasteiger partial charge is 0.405 e. The molecule has 6 nitrogen and oxygen atoms in total. The second-order valence-corrected chi connectivity index (χ2v) is 10.3. The van der Waals surface area contributed by atoms with Crippen LogP contribution in [0.2, 0.25) is 0 Å². The molecule has 2 aromatic rings. The Balaban J connectivity index is 1.28. The van der Waals surface area contributed by atoms with Gasteiger partial charge in [0.2, 0.25) is 5.95 Å². The van der Waals surface area contributed by atoms with E-state index in [1.807, 2.05) is 0 Å². The van der Waals surface area contributed by atoms with Gasteiger partial charge in [-0.3, -0.25) is 0 Å². The quantitative estimate of drug-likeness (QED) is 0.536. The van der Waals surface area contributed by atoms with Gasteiger partial charge in [0.25, 0.3) is 0 Å². The summed E-state index contributed by atoms with van der Waals surface area (Å²) in [4.78, 5) is 8.64. The van der Waals surface area contributed by atoms with Crippen LogP contribution in [0.1, 0.15) is 50.2 Å². The van der Waals surface area contributed by atoms with Gasteiger partial charge in [0.05, 0.1) is 6.20 Å². The number of alkyl halides is 3. The molecule has 4 bridgehead atoms. The molecule has 0 saturated heterocycles. The van der Waals surface area contributed by atoms with E-state index in [9.17, 15) is 18.4 Å². The predicted molar refractivity (Wildman–Crippen MR) is 121 cm³/mol. The molecule has 0 radical (unpaired) electrons. The van der Waals surface area contributed by atoms with E-state index in [0.717, 1.165) is 30.2 Å². The highest BCUT2D eigenvalue weighted by molar-refractivity contribution is 5.53. The van der Waals surface area contributed by atoms with Crippen molar-refractivity contribution in [2.45, 2.75) is 51.9 Å². The van der Waals surface area contributed by atoms with Gasteiger partial charge in [-0.2, -0.15) is 10.2 Å². The number of nitriles is 1. The van der Waals surface area contributed by atoms with Gasteiger partial charge in [-0.25, -0.2) is 4.98 Å². The lowest BCUT2D eigenvalue weighted by atomic mass is 9.46. The molecule has 4 saturated carbocycles. The van der Waals surface area contributed by atoms with E-state index < -0.39 is 6.36 Å². The first kappa shape index (κ1) is 22.8. The van der Waals surface area contributed by atoms with Gasteiger partial charge in [-0.05, 0) is 67.3 Å². The van der Waals surface area contributed by atoms with Crippen LogP contribution < -0.4 is 15.4 Å². The Morgan fingerprint density at radius 1 is 1.15 bits per heavy atom. The number of aromatic nitrogens is 2. The largest absolute Gasteiger partial charge is 0.573 e. The number of benzene rings is 1. The molecule has 0 spiro atoms. The summed E-state index contributed by atoms with van der Waals surface area (Å²) in [7, 11) is 0. The number of hydrogen-bond donors (Lipinski definition) is 2. The first-order valence-corrected chi connectivity index (χ1v) is 11.8. The van der Waals surface area contributed by atoms with Crippen molar-refractivity contribution in [3.05, 3.63) is 41.6 Å². The van der Waals surface area contributed by atoms with Crippen LogP contribution in [0, 0.1) is 40.4 Å². The Morgan fingerprint density at radius 2 is 1.88 bits per heavy atom. The number of halogens is 3. The zero-order valence-corrected chi connectivity index (χ0v) is 19.0. The summed E-state index contributed by atoms with van der Waals surface area (Å²) >= 11 is 0. The van der Waals surface area contributed by atoms with E-state index in [1.54, 1.807) is 12.1 Å². The average Bonchev–Trinajstić information content (AvgIpc) is 2.79. The molecule has 1 aromatic carbocycles. The molecule has 4 unspecified atom stereocenters. The number of nitrogens with zero attached hydrogens (tertiary/aromatic N) is 3. The van der Waals surface area contributed by atoms with Crippen LogP contribution in [-0.4, -0.2) is 22.9 Å². The second-order valence-electron chi connectivity index (χ2n) is 10.3. The topological polar surface area (TPSA) is 82.9 Å². The zero-order chi connectivity index (χ0) is 23.9. The van der Waals surface area contributed by atoms with Crippen LogP contribution in [0.5, 0.6) is 5.75 Å². The lowest BCUT2D eigenvalue weighted by Gasteiger charge is -2.59. The van der Waals surface area contributed by atoms with Gasteiger partial charge >= 0.3 is 6.36 Å². The number of rotatable bonds is 7. The van der Waals surface area contributed by atoms with Gasteiger partial charge in [0.15, 0.2) is 0 Å². The van der Waals surface area contributed by atoms with Crippen LogP contribution in [0.25, 0.3) is 0 Å². The summed E-state index contributed by atoms with van der Waals surface area (Å²) in [6, 6.07) is 8.07. The summed E-state index contributed by atoms with van der Waals surface area (Å²) in [5.74, 6) is 3.64. The molecule has 1 heterocycles. The molecule has 6 rings (SSSR count). The Labute approximate surface area is 196 Å². The van der Waals surface area contributed by atoms with E-state index in [2.05, 4.69) is 38.3 Å². The fourth-order valence-corrected chi connectivity index (χ4v) is 6.67. The molecule has 4 aliphatic rings. The SMILES string of the molecule is CC1C2CC3C[C@@H]1CC(CNc1nc(NCc4ccccc4OC(F)(F)F)ncc1C#N)(C3)C2. The van der Waals surface area contributed by atoms with Crippen molar-refractivity contribution in [2.24, 2.45) is 29.1 Å². The van der Waals surface area contributed by atoms with Crippen molar-refractivity contribution < 1.29 is 17.9 Å². The third-order valence-electron chi connectivity index (χ3n) is 8.05. The fraction of sp³-hybridized carbons (Fsp3) is 0.560. The van der Waals surface area contributed by atoms with Crippen LogP contribution in [0.3, 0.4) is 0 Å². The summed E-state index contributed by atoms with van der Waals surface area (Å²) < 4.78 is 42.2. The number of ether oxygens (including phenoxy) is 1. The molecular weight excluding hydrogens is 443 g/mol. The van der Waals surface area contributed by atoms with E-state index in [1.165, 1.54) is 50.4 Å². The first-order valence-electron chi connectivity index (χ1n) is 11.8. The molecule has 4 fully saturated rings. The minimum atomic E-state index is -4.77. The Morgan fingerprint density at radius 3 is 2.59 bits per heavy atom. The number of nitrogens with one attached hydrogen (secondary N) is 2. The molecule has 0 aliphatic heterocycles. The summed E-state index contributed by atoms with van der Waals surface area (Å²) in [6.07, 6.45) is 3.05. The molecule has 34 heavy (non-hydrogen) atoms. The molecule has 9 heteroatoms. The lowest BCUT2D eigenvalue weighted by molar-refractivity contribution is -0.274. The molecule has 4 aliphatic carbocycles. The van der Waals surface area contributed by atoms with Gasteiger partial charge in [-0.15, -0.1) is 13.2 Å². The van der Waals surface area contributed by atoms with Crippen LogP contribution in [-0.2, 0) is 6.54 Å². The van der Waals surface area contributed by atoms with E-state index >= 15 is 0 Å². The predicted octanol–water partition coefficient (Wildman–Crippen LogP) is 5.73. The Bertz CT molecular complexity index is 1080. The van der Waals surface area contributed by atoms with Gasteiger partial charge < -0.3 is 15.4 Å². The Kier molecular flexibility index (Phi) is 5.78. The van der Waals surface area contributed by atoms with Crippen LogP contribution in [0.4, 0.5) is 24.9 Å². The number of hydrogen-bond acceptors (Lipinski definition) is 6. The van der Waals surface area contributed by atoms with E-state index in [0.29, 0.717) is 16.9 Å².